The van der Waals surface area contributed by atoms with Crippen molar-refractivity contribution < 1.29 is 37.3 Å². The van der Waals surface area contributed by atoms with Crippen LogP contribution in [0.15, 0.2) is 12.2 Å². The fraction of sp³-hybridized carbons (Fsp3) is 0.903. The summed E-state index contributed by atoms with van der Waals surface area (Å²) in [6.07, 6.45) is 25.7. The summed E-state index contributed by atoms with van der Waals surface area (Å²) in [5, 5.41) is 0. The van der Waals surface area contributed by atoms with Gasteiger partial charge >= 0.3 is 5.97 Å². The van der Waals surface area contributed by atoms with Crippen molar-refractivity contribution in [3.8, 4) is 0 Å². The van der Waals surface area contributed by atoms with E-state index in [1.165, 1.54) is 103 Å². The summed E-state index contributed by atoms with van der Waals surface area (Å²) in [6, 6.07) is 0. The van der Waals surface area contributed by atoms with E-state index in [-0.39, 0.29) is 19.8 Å². The summed E-state index contributed by atoms with van der Waals surface area (Å²) in [4.78, 5) is 23.3. The zero-order chi connectivity index (χ0) is 30.0. The highest BCUT2D eigenvalue weighted by atomic mass is 31.2. The first-order chi connectivity index (χ1) is 19.1. The summed E-state index contributed by atoms with van der Waals surface area (Å²) >= 11 is 0. The van der Waals surface area contributed by atoms with E-state index in [0.717, 1.165) is 12.8 Å². The summed E-state index contributed by atoms with van der Waals surface area (Å²) in [5.74, 6) is -0.511. The van der Waals surface area contributed by atoms with Gasteiger partial charge in [-0.3, -0.25) is 9.36 Å². The van der Waals surface area contributed by atoms with Crippen LogP contribution in [0.4, 0.5) is 0 Å². The van der Waals surface area contributed by atoms with Crippen molar-refractivity contribution in [3.63, 3.8) is 0 Å². The number of carbonyl (C=O) groups is 1. The number of phosphoric acid groups is 1. The fourth-order valence-corrected chi connectivity index (χ4v) is 4.91. The van der Waals surface area contributed by atoms with Gasteiger partial charge in [-0.1, -0.05) is 96.1 Å². The monoisotopic (exact) mass is 591 g/mol. The number of likely N-dealkylation sites (N-methyl/N-ethyl adjacent to an activating group) is 1. The second kappa shape index (κ2) is 25.9. The van der Waals surface area contributed by atoms with Crippen molar-refractivity contribution in [1.82, 2.24) is 0 Å². The molecular formula is C31H62NO7P. The minimum absolute atomic E-state index is 0.0236. The fourth-order valence-electron chi connectivity index (χ4n) is 4.19. The highest BCUT2D eigenvalue weighted by Gasteiger charge is 2.19. The lowest BCUT2D eigenvalue weighted by atomic mass is 10.1. The molecule has 0 bridgehead atoms. The molecule has 0 saturated heterocycles. The predicted molar refractivity (Wildman–Crippen MR) is 162 cm³/mol. The van der Waals surface area contributed by atoms with Crippen LogP contribution in [0.5, 0.6) is 0 Å². The van der Waals surface area contributed by atoms with Crippen LogP contribution < -0.4 is 4.89 Å². The van der Waals surface area contributed by atoms with Crippen molar-refractivity contribution >= 4 is 13.8 Å². The Kier molecular flexibility index (Phi) is 25.4. The van der Waals surface area contributed by atoms with Crippen LogP contribution in [0.2, 0.25) is 0 Å². The molecule has 0 heterocycles. The lowest BCUT2D eigenvalue weighted by Crippen LogP contribution is -2.37. The summed E-state index contributed by atoms with van der Waals surface area (Å²) < 4.78 is 33.1. The quantitative estimate of drug-likeness (QED) is 0.0295. The Bertz CT molecular complexity index is 667. The maximum absolute atomic E-state index is 12.0. The SMILES string of the molecule is CCCCCCCCC/C=C\CCCCCCCCCCOCC(COP(=O)([O-])OCC[N+](C)(C)C)OC(C)=O. The third-order valence-electron chi connectivity index (χ3n) is 6.62. The molecule has 8 nitrogen and oxygen atoms in total. The number of carbonyl (C=O) groups excluding carboxylic acids is 1. The van der Waals surface area contributed by atoms with Crippen molar-refractivity contribution in [2.24, 2.45) is 0 Å². The number of esters is 1. The van der Waals surface area contributed by atoms with Crippen LogP contribution >= 0.6 is 7.82 Å². The minimum atomic E-state index is -4.47. The average molecular weight is 592 g/mol. The van der Waals surface area contributed by atoms with E-state index < -0.39 is 19.9 Å². The first kappa shape index (κ1) is 39.2. The second-order valence-corrected chi connectivity index (χ2v) is 13.3. The van der Waals surface area contributed by atoms with Gasteiger partial charge in [0, 0.05) is 13.5 Å². The van der Waals surface area contributed by atoms with Crippen molar-refractivity contribution in [1.29, 1.82) is 0 Å². The topological polar surface area (TPSA) is 94.1 Å². The third-order valence-corrected chi connectivity index (χ3v) is 7.58. The molecule has 0 aromatic rings. The van der Waals surface area contributed by atoms with Crippen molar-refractivity contribution in [3.05, 3.63) is 12.2 Å². The number of allylic oxidation sites excluding steroid dienone is 2. The number of phosphoric ester groups is 1. The molecule has 2 atom stereocenters. The minimum Gasteiger partial charge on any atom is -0.756 e. The lowest BCUT2D eigenvalue weighted by molar-refractivity contribution is -0.870. The highest BCUT2D eigenvalue weighted by molar-refractivity contribution is 7.45. The van der Waals surface area contributed by atoms with Gasteiger partial charge in [0.25, 0.3) is 7.82 Å². The predicted octanol–water partition coefficient (Wildman–Crippen LogP) is 7.35. The number of nitrogens with zero attached hydrogens (tertiary/aromatic N) is 1. The zero-order valence-electron chi connectivity index (χ0n) is 26.5. The molecule has 0 aromatic heterocycles. The van der Waals surface area contributed by atoms with E-state index in [2.05, 4.69) is 19.1 Å². The average Bonchev–Trinajstić information content (AvgIpc) is 2.87. The third kappa shape index (κ3) is 30.2. The van der Waals surface area contributed by atoms with Gasteiger partial charge in [-0.05, 0) is 32.1 Å². The standard InChI is InChI=1S/C31H62NO7P/c1-6-7-8-9-10-11-12-13-14-15-16-17-18-19-20-21-22-23-24-26-36-28-31(39-30(2)33)29-38-40(34,35)37-27-25-32(3,4)5/h14-15,31H,6-13,16-29H2,1-5H3/b15-14-. The van der Waals surface area contributed by atoms with Crippen LogP contribution in [0, 0.1) is 0 Å². The summed E-state index contributed by atoms with van der Waals surface area (Å²) in [7, 11) is 1.35. The van der Waals surface area contributed by atoms with Gasteiger partial charge in [-0.2, -0.15) is 0 Å². The van der Waals surface area contributed by atoms with Crippen LogP contribution in [-0.4, -0.2) is 70.7 Å². The molecule has 0 fully saturated rings. The molecule has 0 aromatic carbocycles. The molecule has 9 heteroatoms. The molecule has 0 aliphatic heterocycles. The molecule has 0 N–H and O–H groups in total. The van der Waals surface area contributed by atoms with E-state index in [1.54, 1.807) is 0 Å². The van der Waals surface area contributed by atoms with Gasteiger partial charge in [0.15, 0.2) is 0 Å². The number of hydrogen-bond donors (Lipinski definition) is 0. The Balaban J connectivity index is 3.68. The molecule has 0 saturated carbocycles. The van der Waals surface area contributed by atoms with Crippen molar-refractivity contribution in [2.45, 2.75) is 129 Å². The summed E-state index contributed by atoms with van der Waals surface area (Å²) in [6.45, 7) is 4.39. The normalized spacial score (nSPS) is 14.4. The maximum atomic E-state index is 12.0. The molecule has 0 spiro atoms. The largest absolute Gasteiger partial charge is 0.756 e. The highest BCUT2D eigenvalue weighted by Crippen LogP contribution is 2.38. The number of unbranched alkanes of at least 4 members (excludes halogenated alkanes) is 15. The van der Waals surface area contributed by atoms with Crippen LogP contribution in [-0.2, 0) is 27.9 Å². The zero-order valence-corrected chi connectivity index (χ0v) is 27.4. The van der Waals surface area contributed by atoms with Crippen LogP contribution in [0.1, 0.15) is 123 Å². The molecule has 0 aliphatic carbocycles. The molecule has 0 aliphatic rings. The smallest absolute Gasteiger partial charge is 0.303 e. The van der Waals surface area contributed by atoms with Gasteiger partial charge in [0.05, 0.1) is 34.4 Å². The van der Waals surface area contributed by atoms with Gasteiger partial charge in [-0.15, -0.1) is 0 Å². The first-order valence-corrected chi connectivity index (χ1v) is 17.3. The first-order valence-electron chi connectivity index (χ1n) is 15.9. The Morgan fingerprint density at radius 3 is 1.75 bits per heavy atom. The van der Waals surface area contributed by atoms with E-state index >= 15 is 0 Å². The van der Waals surface area contributed by atoms with Crippen molar-refractivity contribution in [2.75, 3.05) is 54.1 Å². The molecule has 2 unspecified atom stereocenters. The maximum Gasteiger partial charge on any atom is 0.303 e. The van der Waals surface area contributed by atoms with Gasteiger partial charge < -0.3 is 27.9 Å². The lowest BCUT2D eigenvalue weighted by Gasteiger charge is -2.28. The molecule has 0 rings (SSSR count). The van der Waals surface area contributed by atoms with Gasteiger partial charge in [-0.25, -0.2) is 0 Å². The van der Waals surface area contributed by atoms with E-state index in [0.29, 0.717) is 17.6 Å². The summed E-state index contributed by atoms with van der Waals surface area (Å²) in [5.41, 5.74) is 0. The van der Waals surface area contributed by atoms with E-state index in [1.807, 2.05) is 21.1 Å². The number of rotatable bonds is 29. The molecular weight excluding hydrogens is 529 g/mol. The van der Waals surface area contributed by atoms with E-state index in [4.69, 9.17) is 18.5 Å². The van der Waals surface area contributed by atoms with E-state index in [9.17, 15) is 14.3 Å². The Labute approximate surface area is 246 Å². The van der Waals surface area contributed by atoms with Crippen LogP contribution in [0.25, 0.3) is 0 Å². The second-order valence-electron chi connectivity index (χ2n) is 11.9. The molecule has 40 heavy (non-hydrogen) atoms. The van der Waals surface area contributed by atoms with Gasteiger partial charge in [0.2, 0.25) is 0 Å². The number of quaternary nitrogens is 1. The van der Waals surface area contributed by atoms with Crippen LogP contribution in [0.3, 0.4) is 0 Å². The molecule has 238 valence electrons. The Morgan fingerprint density at radius 2 is 1.25 bits per heavy atom. The van der Waals surface area contributed by atoms with Gasteiger partial charge in [0.1, 0.15) is 19.3 Å². The molecule has 0 radical (unpaired) electrons. The Morgan fingerprint density at radius 1 is 0.750 bits per heavy atom. The Hall–Kier alpha value is -0.760. The number of ether oxygens (including phenoxy) is 2. The number of hydrogen-bond acceptors (Lipinski definition) is 7. The molecule has 0 amide bonds.